The number of nitrogens with one attached hydrogen (secondary N) is 1. The molecule has 5 nitrogen and oxygen atoms in total. The molecule has 0 aliphatic carbocycles. The Morgan fingerprint density at radius 2 is 1.66 bits per heavy atom. The number of carbonyl (C=O) groups is 1. The van der Waals surface area contributed by atoms with E-state index in [4.69, 9.17) is 4.74 Å². The predicted octanol–water partition coefficient (Wildman–Crippen LogP) is 6.24. The standard InChI is InChI=1S/C27H29N3O2/c1-21-10-12-22(13-11-21)27(31)29-23-14-16-24(17-15-23)32-19-7-3-2-6-18-30-20-28-25-8-4-5-9-26(25)30/h4-5,8-17,20H,2-3,6-7,18-19H2,1H3,(H,29,31). The minimum absolute atomic E-state index is 0.109. The van der Waals surface area contributed by atoms with E-state index in [1.165, 1.54) is 11.9 Å². The molecule has 0 bridgehead atoms. The van der Waals surface area contributed by atoms with Gasteiger partial charge in [-0.1, -0.05) is 42.7 Å². The highest BCUT2D eigenvalue weighted by Crippen LogP contribution is 2.18. The molecule has 0 unspecified atom stereocenters. The van der Waals surface area contributed by atoms with E-state index in [1.807, 2.05) is 73.9 Å². The van der Waals surface area contributed by atoms with E-state index < -0.39 is 0 Å². The van der Waals surface area contributed by atoms with Gasteiger partial charge in [0.05, 0.1) is 24.0 Å². The first-order valence-corrected chi connectivity index (χ1v) is 11.2. The molecule has 1 N–H and O–H groups in total. The van der Waals surface area contributed by atoms with Crippen molar-refractivity contribution in [1.29, 1.82) is 0 Å². The quantitative estimate of drug-likeness (QED) is 0.305. The lowest BCUT2D eigenvalue weighted by Gasteiger charge is -2.09. The number of fused-ring (bicyclic) bond motifs is 1. The number of hydrogen-bond acceptors (Lipinski definition) is 3. The van der Waals surface area contributed by atoms with E-state index in [9.17, 15) is 4.79 Å². The van der Waals surface area contributed by atoms with Crippen molar-refractivity contribution in [3.63, 3.8) is 0 Å². The average molecular weight is 428 g/mol. The first-order valence-electron chi connectivity index (χ1n) is 11.2. The van der Waals surface area contributed by atoms with Crippen LogP contribution in [-0.4, -0.2) is 22.1 Å². The normalized spacial score (nSPS) is 10.9. The second kappa shape index (κ2) is 10.6. The number of benzene rings is 3. The second-order valence-electron chi connectivity index (χ2n) is 8.03. The van der Waals surface area contributed by atoms with Gasteiger partial charge in [0, 0.05) is 17.8 Å². The molecule has 164 valence electrons. The molecule has 1 heterocycles. The molecule has 0 radical (unpaired) electrons. The molecule has 0 fully saturated rings. The van der Waals surface area contributed by atoms with Crippen LogP contribution in [0.15, 0.2) is 79.1 Å². The highest BCUT2D eigenvalue weighted by atomic mass is 16.5. The summed E-state index contributed by atoms with van der Waals surface area (Å²) in [5.74, 6) is 0.713. The highest BCUT2D eigenvalue weighted by Gasteiger charge is 2.06. The lowest BCUT2D eigenvalue weighted by Crippen LogP contribution is -2.11. The summed E-state index contributed by atoms with van der Waals surface area (Å²) in [5, 5.41) is 2.92. The van der Waals surface area contributed by atoms with Crippen LogP contribution in [0.3, 0.4) is 0 Å². The lowest BCUT2D eigenvalue weighted by atomic mass is 10.1. The molecule has 32 heavy (non-hydrogen) atoms. The Morgan fingerprint density at radius 1 is 0.906 bits per heavy atom. The van der Waals surface area contributed by atoms with Crippen LogP contribution >= 0.6 is 0 Å². The molecular weight excluding hydrogens is 398 g/mol. The number of ether oxygens (including phenoxy) is 1. The Labute approximate surface area is 189 Å². The first-order chi connectivity index (χ1) is 15.7. The average Bonchev–Trinajstić information content (AvgIpc) is 3.23. The number of imidazole rings is 1. The second-order valence-corrected chi connectivity index (χ2v) is 8.03. The molecule has 4 aromatic rings. The molecule has 1 amide bonds. The Kier molecular flexibility index (Phi) is 7.18. The number of nitrogens with zero attached hydrogens (tertiary/aromatic N) is 2. The summed E-state index contributed by atoms with van der Waals surface area (Å²) in [5.41, 5.74) is 4.80. The largest absolute Gasteiger partial charge is 0.494 e. The van der Waals surface area contributed by atoms with Gasteiger partial charge in [-0.15, -0.1) is 0 Å². The highest BCUT2D eigenvalue weighted by molar-refractivity contribution is 6.04. The zero-order valence-corrected chi connectivity index (χ0v) is 18.5. The fourth-order valence-electron chi connectivity index (χ4n) is 3.66. The maximum absolute atomic E-state index is 12.3. The van der Waals surface area contributed by atoms with Crippen LogP contribution in [0.1, 0.15) is 41.6 Å². The van der Waals surface area contributed by atoms with Crippen molar-refractivity contribution in [2.45, 2.75) is 39.2 Å². The van der Waals surface area contributed by atoms with Gasteiger partial charge in [0.25, 0.3) is 5.91 Å². The van der Waals surface area contributed by atoms with E-state index in [-0.39, 0.29) is 5.91 Å². The van der Waals surface area contributed by atoms with Gasteiger partial charge in [0.2, 0.25) is 0 Å². The van der Waals surface area contributed by atoms with Crippen molar-refractivity contribution < 1.29 is 9.53 Å². The summed E-state index contributed by atoms with van der Waals surface area (Å²) >= 11 is 0. The van der Waals surface area contributed by atoms with Crippen LogP contribution in [0.2, 0.25) is 0 Å². The summed E-state index contributed by atoms with van der Waals surface area (Å²) in [7, 11) is 0. The maximum Gasteiger partial charge on any atom is 0.255 e. The minimum atomic E-state index is -0.109. The van der Waals surface area contributed by atoms with Crippen LogP contribution < -0.4 is 10.1 Å². The fourth-order valence-corrected chi connectivity index (χ4v) is 3.66. The van der Waals surface area contributed by atoms with Gasteiger partial charge < -0.3 is 14.6 Å². The number of para-hydroxylation sites is 2. The molecule has 0 saturated heterocycles. The van der Waals surface area contributed by atoms with Gasteiger partial charge in [-0.25, -0.2) is 4.98 Å². The minimum Gasteiger partial charge on any atom is -0.494 e. The smallest absolute Gasteiger partial charge is 0.255 e. The van der Waals surface area contributed by atoms with Crippen molar-refractivity contribution in [2.75, 3.05) is 11.9 Å². The number of anilines is 1. The van der Waals surface area contributed by atoms with Crippen LogP contribution in [0.5, 0.6) is 5.75 Å². The predicted molar refractivity (Wildman–Crippen MR) is 129 cm³/mol. The number of hydrogen-bond donors (Lipinski definition) is 1. The Hall–Kier alpha value is -3.60. The summed E-state index contributed by atoms with van der Waals surface area (Å²) in [6, 6.07) is 23.3. The summed E-state index contributed by atoms with van der Waals surface area (Å²) in [6.45, 7) is 3.70. The third-order valence-corrected chi connectivity index (χ3v) is 5.52. The molecule has 0 aliphatic rings. The van der Waals surface area contributed by atoms with E-state index in [2.05, 4.69) is 27.0 Å². The molecule has 4 rings (SSSR count). The third kappa shape index (κ3) is 5.76. The van der Waals surface area contributed by atoms with Crippen LogP contribution in [-0.2, 0) is 6.54 Å². The molecule has 0 atom stereocenters. The van der Waals surface area contributed by atoms with E-state index in [1.54, 1.807) is 0 Å². The molecule has 0 saturated carbocycles. The van der Waals surface area contributed by atoms with Crippen LogP contribution in [0.4, 0.5) is 5.69 Å². The third-order valence-electron chi connectivity index (χ3n) is 5.52. The van der Waals surface area contributed by atoms with Gasteiger partial charge in [-0.3, -0.25) is 4.79 Å². The van der Waals surface area contributed by atoms with E-state index in [0.29, 0.717) is 12.2 Å². The molecule has 3 aromatic carbocycles. The summed E-state index contributed by atoms with van der Waals surface area (Å²) < 4.78 is 8.07. The van der Waals surface area contributed by atoms with Crippen molar-refractivity contribution in [3.8, 4) is 5.75 Å². The lowest BCUT2D eigenvalue weighted by molar-refractivity contribution is 0.102. The van der Waals surface area contributed by atoms with Crippen molar-refractivity contribution in [2.24, 2.45) is 0 Å². The van der Waals surface area contributed by atoms with Crippen molar-refractivity contribution in [1.82, 2.24) is 9.55 Å². The van der Waals surface area contributed by atoms with Gasteiger partial charge in [0.15, 0.2) is 0 Å². The molecule has 1 aromatic heterocycles. The number of aryl methyl sites for hydroxylation is 2. The number of carbonyl (C=O) groups excluding carboxylic acids is 1. The number of unbranched alkanes of at least 4 members (excludes halogenated alkanes) is 3. The van der Waals surface area contributed by atoms with Crippen molar-refractivity contribution in [3.05, 3.63) is 90.3 Å². The van der Waals surface area contributed by atoms with E-state index >= 15 is 0 Å². The topological polar surface area (TPSA) is 56.1 Å². The Morgan fingerprint density at radius 3 is 2.47 bits per heavy atom. The van der Waals surface area contributed by atoms with E-state index in [0.717, 1.165) is 48.3 Å². The summed E-state index contributed by atoms with van der Waals surface area (Å²) in [6.07, 6.45) is 6.39. The first kappa shape index (κ1) is 21.6. The van der Waals surface area contributed by atoms with Crippen LogP contribution in [0, 0.1) is 6.92 Å². The monoisotopic (exact) mass is 427 g/mol. The Bertz CT molecular complexity index is 1150. The van der Waals surface area contributed by atoms with Gasteiger partial charge >= 0.3 is 0 Å². The number of aromatic nitrogens is 2. The molecular formula is C27H29N3O2. The molecule has 5 heteroatoms. The number of rotatable bonds is 10. The van der Waals surface area contributed by atoms with Crippen molar-refractivity contribution >= 4 is 22.6 Å². The molecule has 0 aliphatic heterocycles. The molecule has 0 spiro atoms. The summed E-state index contributed by atoms with van der Waals surface area (Å²) in [4.78, 5) is 16.7. The maximum atomic E-state index is 12.3. The Balaban J connectivity index is 1.13. The zero-order valence-electron chi connectivity index (χ0n) is 18.5. The SMILES string of the molecule is Cc1ccc(C(=O)Nc2ccc(OCCCCCCn3cnc4ccccc43)cc2)cc1. The van der Waals surface area contributed by atoms with Gasteiger partial charge in [0.1, 0.15) is 5.75 Å². The zero-order chi connectivity index (χ0) is 22.2. The van der Waals surface area contributed by atoms with Gasteiger partial charge in [-0.2, -0.15) is 0 Å². The fraction of sp³-hybridized carbons (Fsp3) is 0.259. The van der Waals surface area contributed by atoms with Crippen LogP contribution in [0.25, 0.3) is 11.0 Å². The number of amides is 1. The van der Waals surface area contributed by atoms with Gasteiger partial charge in [-0.05, 0) is 68.3 Å².